The van der Waals surface area contributed by atoms with Crippen LogP contribution in [0.2, 0.25) is 0 Å². The molecule has 1 N–H and O–H groups in total. The Morgan fingerprint density at radius 1 is 1.22 bits per heavy atom. The second-order valence-corrected chi connectivity index (χ2v) is 6.01. The molecule has 18 heavy (non-hydrogen) atoms. The van der Waals surface area contributed by atoms with Crippen molar-refractivity contribution < 1.29 is 0 Å². The van der Waals surface area contributed by atoms with E-state index >= 15 is 0 Å². The van der Waals surface area contributed by atoms with Gasteiger partial charge in [-0.15, -0.1) is 0 Å². The average molecular weight is 244 g/mol. The molecule has 3 atom stereocenters. The van der Waals surface area contributed by atoms with E-state index in [2.05, 4.69) is 54.4 Å². The minimum Gasteiger partial charge on any atom is -0.306 e. The molecule has 0 spiro atoms. The van der Waals surface area contributed by atoms with Crippen molar-refractivity contribution in [2.75, 3.05) is 6.54 Å². The van der Waals surface area contributed by atoms with Crippen molar-refractivity contribution in [2.45, 2.75) is 57.3 Å². The second-order valence-electron chi connectivity index (χ2n) is 6.01. The predicted molar refractivity (Wildman–Crippen MR) is 75.6 cm³/mol. The smallest absolute Gasteiger partial charge is 0.0294 e. The molecule has 2 heteroatoms. The third-order valence-corrected chi connectivity index (χ3v) is 4.42. The Kier molecular flexibility index (Phi) is 3.40. The van der Waals surface area contributed by atoms with Crippen LogP contribution < -0.4 is 5.32 Å². The van der Waals surface area contributed by atoms with Gasteiger partial charge in [0.1, 0.15) is 0 Å². The summed E-state index contributed by atoms with van der Waals surface area (Å²) in [6.07, 6.45) is 4.14. The van der Waals surface area contributed by atoms with Gasteiger partial charge in [0, 0.05) is 30.7 Å². The Bertz CT molecular complexity index is 385. The summed E-state index contributed by atoms with van der Waals surface area (Å²) in [5.74, 6) is 0. The van der Waals surface area contributed by atoms with Gasteiger partial charge in [-0.1, -0.05) is 30.3 Å². The zero-order valence-electron chi connectivity index (χ0n) is 11.5. The maximum Gasteiger partial charge on any atom is 0.0294 e. The first kappa shape index (κ1) is 12.2. The summed E-state index contributed by atoms with van der Waals surface area (Å²) in [6, 6.07) is 13.6. The van der Waals surface area contributed by atoms with E-state index < -0.39 is 0 Å². The van der Waals surface area contributed by atoms with Crippen LogP contribution in [0.25, 0.3) is 0 Å². The van der Waals surface area contributed by atoms with Crippen molar-refractivity contribution in [3.05, 3.63) is 35.9 Å². The van der Waals surface area contributed by atoms with Crippen LogP contribution in [0.1, 0.15) is 44.7 Å². The van der Waals surface area contributed by atoms with Crippen molar-refractivity contribution in [1.82, 2.24) is 10.2 Å². The van der Waals surface area contributed by atoms with E-state index in [9.17, 15) is 0 Å². The molecule has 1 saturated carbocycles. The van der Waals surface area contributed by atoms with E-state index in [1.807, 2.05) is 0 Å². The lowest BCUT2D eigenvalue weighted by Gasteiger charge is -2.21. The quantitative estimate of drug-likeness (QED) is 0.876. The molecule has 3 rings (SSSR count). The van der Waals surface area contributed by atoms with E-state index in [-0.39, 0.29) is 0 Å². The summed E-state index contributed by atoms with van der Waals surface area (Å²) in [6.45, 7) is 5.90. The van der Waals surface area contributed by atoms with Gasteiger partial charge >= 0.3 is 0 Å². The summed E-state index contributed by atoms with van der Waals surface area (Å²) < 4.78 is 0. The van der Waals surface area contributed by atoms with E-state index in [0.29, 0.717) is 12.1 Å². The summed E-state index contributed by atoms with van der Waals surface area (Å²) in [5, 5.41) is 3.80. The van der Waals surface area contributed by atoms with Gasteiger partial charge in [-0.25, -0.2) is 0 Å². The first-order valence-electron chi connectivity index (χ1n) is 7.31. The lowest BCUT2D eigenvalue weighted by molar-refractivity contribution is 0.254. The molecule has 2 fully saturated rings. The van der Waals surface area contributed by atoms with E-state index in [1.54, 1.807) is 0 Å². The van der Waals surface area contributed by atoms with E-state index in [1.165, 1.54) is 31.4 Å². The third-order valence-electron chi connectivity index (χ3n) is 4.42. The molecule has 0 amide bonds. The highest BCUT2D eigenvalue weighted by Crippen LogP contribution is 2.33. The van der Waals surface area contributed by atoms with Gasteiger partial charge in [-0.05, 0) is 38.7 Å². The molecule has 98 valence electrons. The molecule has 1 heterocycles. The summed E-state index contributed by atoms with van der Waals surface area (Å²) >= 11 is 0. The summed E-state index contributed by atoms with van der Waals surface area (Å²) in [7, 11) is 0. The highest BCUT2D eigenvalue weighted by molar-refractivity contribution is 5.18. The summed E-state index contributed by atoms with van der Waals surface area (Å²) in [4.78, 5) is 2.70. The first-order chi connectivity index (χ1) is 8.74. The molecule has 2 nitrogen and oxygen atoms in total. The normalized spacial score (nSPS) is 30.6. The molecular weight excluding hydrogens is 220 g/mol. The van der Waals surface area contributed by atoms with Crippen molar-refractivity contribution in [3.63, 3.8) is 0 Å². The van der Waals surface area contributed by atoms with Crippen molar-refractivity contribution in [3.8, 4) is 0 Å². The number of rotatable bonds is 4. The Hall–Kier alpha value is -0.860. The maximum atomic E-state index is 3.80. The van der Waals surface area contributed by atoms with Crippen LogP contribution in [0, 0.1) is 0 Å². The fourth-order valence-corrected chi connectivity index (χ4v) is 3.28. The average Bonchev–Trinajstić information content (AvgIpc) is 3.15. The molecule has 2 unspecified atom stereocenters. The Morgan fingerprint density at radius 3 is 2.61 bits per heavy atom. The van der Waals surface area contributed by atoms with Gasteiger partial charge in [-0.2, -0.15) is 0 Å². The molecule has 1 aliphatic carbocycles. The molecular formula is C16H24N2. The number of nitrogens with zero attached hydrogens (tertiary/aromatic N) is 1. The molecule has 0 bridgehead atoms. The highest BCUT2D eigenvalue weighted by Gasteiger charge is 2.38. The zero-order valence-corrected chi connectivity index (χ0v) is 11.5. The van der Waals surface area contributed by atoms with E-state index in [4.69, 9.17) is 0 Å². The number of benzene rings is 1. The number of likely N-dealkylation sites (tertiary alicyclic amines) is 1. The maximum absolute atomic E-state index is 3.80. The lowest BCUT2D eigenvalue weighted by Crippen LogP contribution is -2.35. The topological polar surface area (TPSA) is 15.3 Å². The molecule has 1 saturated heterocycles. The number of hydrogen-bond donors (Lipinski definition) is 1. The third kappa shape index (κ3) is 2.60. The van der Waals surface area contributed by atoms with Crippen LogP contribution in [-0.2, 0) is 0 Å². The van der Waals surface area contributed by atoms with Crippen LogP contribution in [0.4, 0.5) is 0 Å². The van der Waals surface area contributed by atoms with E-state index in [0.717, 1.165) is 12.1 Å². The fourth-order valence-electron chi connectivity index (χ4n) is 3.28. The second kappa shape index (κ2) is 5.02. The van der Waals surface area contributed by atoms with Gasteiger partial charge in [0.25, 0.3) is 0 Å². The predicted octanol–water partition coefficient (Wildman–Crippen LogP) is 2.96. The fraction of sp³-hybridized carbons (Fsp3) is 0.625. The van der Waals surface area contributed by atoms with Gasteiger partial charge < -0.3 is 5.32 Å². The Labute approximate surface area is 110 Å². The molecule has 0 aromatic heterocycles. The minimum atomic E-state index is 0.461. The standard InChI is InChI=1S/C16H24N2/c1-12-10-15(11-18(12)16-8-9-16)17-13(2)14-6-4-3-5-7-14/h3-7,12-13,15-17H,8-11H2,1-2H3/t12?,13-,15?/m1/s1. The first-order valence-corrected chi connectivity index (χ1v) is 7.31. The lowest BCUT2D eigenvalue weighted by atomic mass is 10.1. The van der Waals surface area contributed by atoms with Gasteiger partial charge in [0.05, 0.1) is 0 Å². The van der Waals surface area contributed by atoms with Gasteiger partial charge in [0.15, 0.2) is 0 Å². The van der Waals surface area contributed by atoms with Crippen LogP contribution >= 0.6 is 0 Å². The highest BCUT2D eigenvalue weighted by atomic mass is 15.3. The van der Waals surface area contributed by atoms with Crippen molar-refractivity contribution in [2.24, 2.45) is 0 Å². The van der Waals surface area contributed by atoms with Crippen LogP contribution in [0.15, 0.2) is 30.3 Å². The SMILES string of the molecule is CC1CC(N[C@H](C)c2ccccc2)CN1C1CC1. The Balaban J connectivity index is 1.57. The van der Waals surface area contributed by atoms with Crippen LogP contribution in [-0.4, -0.2) is 29.6 Å². The molecule has 1 aliphatic heterocycles. The number of hydrogen-bond acceptors (Lipinski definition) is 2. The molecule has 0 radical (unpaired) electrons. The monoisotopic (exact) mass is 244 g/mol. The zero-order chi connectivity index (χ0) is 12.5. The number of nitrogens with one attached hydrogen (secondary N) is 1. The Morgan fingerprint density at radius 2 is 1.94 bits per heavy atom. The van der Waals surface area contributed by atoms with Crippen LogP contribution in [0.3, 0.4) is 0 Å². The van der Waals surface area contributed by atoms with Crippen molar-refractivity contribution >= 4 is 0 Å². The van der Waals surface area contributed by atoms with Crippen molar-refractivity contribution in [1.29, 1.82) is 0 Å². The van der Waals surface area contributed by atoms with Gasteiger partial charge in [-0.3, -0.25) is 4.90 Å². The minimum absolute atomic E-state index is 0.461. The largest absolute Gasteiger partial charge is 0.306 e. The molecule has 2 aliphatic rings. The summed E-state index contributed by atoms with van der Waals surface area (Å²) in [5.41, 5.74) is 1.40. The molecule has 1 aromatic rings. The molecule has 1 aromatic carbocycles. The van der Waals surface area contributed by atoms with Crippen LogP contribution in [0.5, 0.6) is 0 Å². The van der Waals surface area contributed by atoms with Gasteiger partial charge in [0.2, 0.25) is 0 Å².